The quantitative estimate of drug-likeness (QED) is 0.941. The normalized spacial score (nSPS) is 15.3. The highest BCUT2D eigenvalue weighted by atomic mass is 15.3. The predicted molar refractivity (Wildman–Crippen MR) is 91.9 cm³/mol. The maximum absolute atomic E-state index is 4.70. The average Bonchev–Trinajstić information content (AvgIpc) is 2.84. The molecular weight excluding hydrogens is 272 g/mol. The standard InChI is InChI=1S/C18H26N4/c1-14-18(13-19-3)15(2)22(20-14)17-9-7-16(8-10-17)21-11-5-4-6-12-21/h7-10,19H,4-6,11-13H2,1-3H3. The van der Waals surface area contributed by atoms with Gasteiger partial charge in [-0.15, -0.1) is 0 Å². The van der Waals surface area contributed by atoms with E-state index in [0.29, 0.717) is 0 Å². The van der Waals surface area contributed by atoms with Crippen LogP contribution in [0.4, 0.5) is 5.69 Å². The lowest BCUT2D eigenvalue weighted by atomic mass is 10.1. The number of anilines is 1. The molecule has 2 aromatic rings. The molecule has 1 aromatic heterocycles. The van der Waals surface area contributed by atoms with E-state index in [1.54, 1.807) is 0 Å². The van der Waals surface area contributed by atoms with Crippen LogP contribution in [0.1, 0.15) is 36.2 Å². The molecule has 0 spiro atoms. The summed E-state index contributed by atoms with van der Waals surface area (Å²) in [6.45, 7) is 7.46. The summed E-state index contributed by atoms with van der Waals surface area (Å²) < 4.78 is 2.06. The van der Waals surface area contributed by atoms with Crippen molar-refractivity contribution < 1.29 is 0 Å². The molecule has 0 aliphatic carbocycles. The molecule has 1 aliphatic rings. The molecule has 1 saturated heterocycles. The third-order valence-electron chi connectivity index (χ3n) is 4.61. The Balaban J connectivity index is 1.85. The van der Waals surface area contributed by atoms with Crippen molar-refractivity contribution in [3.05, 3.63) is 41.2 Å². The van der Waals surface area contributed by atoms with Crippen LogP contribution in [-0.2, 0) is 6.54 Å². The van der Waals surface area contributed by atoms with Crippen molar-refractivity contribution in [2.75, 3.05) is 25.0 Å². The summed E-state index contributed by atoms with van der Waals surface area (Å²) >= 11 is 0. The topological polar surface area (TPSA) is 33.1 Å². The molecule has 0 atom stereocenters. The molecule has 2 heterocycles. The molecule has 0 saturated carbocycles. The Morgan fingerprint density at radius 2 is 1.64 bits per heavy atom. The lowest BCUT2D eigenvalue weighted by Gasteiger charge is -2.28. The second kappa shape index (κ2) is 6.53. The molecule has 0 bridgehead atoms. The lowest BCUT2D eigenvalue weighted by Crippen LogP contribution is -2.29. The molecule has 4 heteroatoms. The fourth-order valence-corrected chi connectivity index (χ4v) is 3.32. The number of piperidine rings is 1. The van der Waals surface area contributed by atoms with Crippen molar-refractivity contribution in [1.82, 2.24) is 15.1 Å². The minimum Gasteiger partial charge on any atom is -0.372 e. The van der Waals surface area contributed by atoms with Crippen LogP contribution < -0.4 is 10.2 Å². The number of nitrogens with zero attached hydrogens (tertiary/aromatic N) is 3. The molecule has 118 valence electrons. The van der Waals surface area contributed by atoms with Gasteiger partial charge in [-0.25, -0.2) is 4.68 Å². The number of nitrogens with one attached hydrogen (secondary N) is 1. The van der Waals surface area contributed by atoms with Crippen LogP contribution in [0.15, 0.2) is 24.3 Å². The number of aromatic nitrogens is 2. The number of hydrogen-bond donors (Lipinski definition) is 1. The van der Waals surface area contributed by atoms with Gasteiger partial charge in [-0.1, -0.05) is 0 Å². The lowest BCUT2D eigenvalue weighted by molar-refractivity contribution is 0.578. The summed E-state index contributed by atoms with van der Waals surface area (Å²) in [5.41, 5.74) is 6.09. The monoisotopic (exact) mass is 298 g/mol. The van der Waals surface area contributed by atoms with Gasteiger partial charge in [0.25, 0.3) is 0 Å². The molecule has 4 nitrogen and oxygen atoms in total. The Labute approximate surface area is 133 Å². The van der Waals surface area contributed by atoms with Crippen molar-refractivity contribution in [3.63, 3.8) is 0 Å². The molecule has 0 radical (unpaired) electrons. The Hall–Kier alpha value is -1.81. The second-order valence-corrected chi connectivity index (χ2v) is 6.16. The van der Waals surface area contributed by atoms with Crippen LogP contribution in [0.25, 0.3) is 5.69 Å². The van der Waals surface area contributed by atoms with Gasteiger partial charge in [0.05, 0.1) is 11.4 Å². The summed E-state index contributed by atoms with van der Waals surface area (Å²) in [7, 11) is 1.98. The first-order chi connectivity index (χ1) is 10.7. The number of hydrogen-bond acceptors (Lipinski definition) is 3. The van der Waals surface area contributed by atoms with Crippen molar-refractivity contribution in [3.8, 4) is 5.69 Å². The maximum Gasteiger partial charge on any atom is 0.0650 e. The highest BCUT2D eigenvalue weighted by molar-refractivity contribution is 5.51. The molecule has 1 aliphatic heterocycles. The van der Waals surface area contributed by atoms with Crippen molar-refractivity contribution in [1.29, 1.82) is 0 Å². The van der Waals surface area contributed by atoms with Gasteiger partial charge in [0.15, 0.2) is 0 Å². The van der Waals surface area contributed by atoms with Gasteiger partial charge in [0.1, 0.15) is 0 Å². The molecule has 1 N–H and O–H groups in total. The van der Waals surface area contributed by atoms with Crippen LogP contribution in [0.2, 0.25) is 0 Å². The zero-order valence-electron chi connectivity index (χ0n) is 13.9. The Bertz CT molecular complexity index is 621. The number of benzene rings is 1. The van der Waals surface area contributed by atoms with Crippen molar-refractivity contribution >= 4 is 5.69 Å². The molecule has 1 aromatic carbocycles. The van der Waals surface area contributed by atoms with E-state index in [-0.39, 0.29) is 0 Å². The average molecular weight is 298 g/mol. The Morgan fingerprint density at radius 3 is 2.27 bits per heavy atom. The Kier molecular flexibility index (Phi) is 4.48. The van der Waals surface area contributed by atoms with E-state index in [9.17, 15) is 0 Å². The van der Waals surface area contributed by atoms with Crippen molar-refractivity contribution in [2.45, 2.75) is 39.7 Å². The number of aryl methyl sites for hydroxylation is 1. The van der Waals surface area contributed by atoms with Gasteiger partial charge in [-0.3, -0.25) is 0 Å². The van der Waals surface area contributed by atoms with Crippen LogP contribution in [0, 0.1) is 13.8 Å². The van der Waals surface area contributed by atoms with E-state index in [2.05, 4.69) is 53.0 Å². The SMILES string of the molecule is CNCc1c(C)nn(-c2ccc(N3CCCCC3)cc2)c1C. The van der Waals surface area contributed by atoms with Gasteiger partial charge >= 0.3 is 0 Å². The summed E-state index contributed by atoms with van der Waals surface area (Å²) in [4.78, 5) is 2.49. The minimum atomic E-state index is 0.865. The van der Waals surface area contributed by atoms with Gasteiger partial charge in [0, 0.05) is 36.6 Å². The third-order valence-corrected chi connectivity index (χ3v) is 4.61. The summed E-state index contributed by atoms with van der Waals surface area (Å²) in [5, 5.41) is 7.93. The summed E-state index contributed by atoms with van der Waals surface area (Å²) in [6.07, 6.45) is 3.99. The Morgan fingerprint density at radius 1 is 1.00 bits per heavy atom. The maximum atomic E-state index is 4.70. The summed E-state index contributed by atoms with van der Waals surface area (Å²) in [5.74, 6) is 0. The highest BCUT2D eigenvalue weighted by Crippen LogP contribution is 2.23. The van der Waals surface area contributed by atoms with Crippen molar-refractivity contribution in [2.24, 2.45) is 0 Å². The predicted octanol–water partition coefficient (Wildman–Crippen LogP) is 3.20. The molecular formula is C18H26N4. The second-order valence-electron chi connectivity index (χ2n) is 6.16. The van der Waals surface area contributed by atoms with Crippen LogP contribution in [0.5, 0.6) is 0 Å². The molecule has 22 heavy (non-hydrogen) atoms. The molecule has 0 amide bonds. The van der Waals surface area contributed by atoms with Gasteiger partial charge in [0.2, 0.25) is 0 Å². The van der Waals surface area contributed by atoms with Crippen LogP contribution in [-0.4, -0.2) is 29.9 Å². The van der Waals surface area contributed by atoms with Gasteiger partial charge < -0.3 is 10.2 Å². The third kappa shape index (κ3) is 2.88. The van der Waals surface area contributed by atoms with E-state index in [1.807, 2.05) is 7.05 Å². The highest BCUT2D eigenvalue weighted by Gasteiger charge is 2.13. The molecule has 0 unspecified atom stereocenters. The molecule has 1 fully saturated rings. The largest absolute Gasteiger partial charge is 0.372 e. The number of rotatable bonds is 4. The van der Waals surface area contributed by atoms with E-state index in [4.69, 9.17) is 5.10 Å². The minimum absolute atomic E-state index is 0.865. The van der Waals surface area contributed by atoms with E-state index in [1.165, 1.54) is 49.3 Å². The fourth-order valence-electron chi connectivity index (χ4n) is 3.32. The van der Waals surface area contributed by atoms with Crippen LogP contribution in [0.3, 0.4) is 0 Å². The summed E-state index contributed by atoms with van der Waals surface area (Å²) in [6, 6.07) is 8.84. The zero-order valence-corrected chi connectivity index (χ0v) is 13.9. The molecule has 3 rings (SSSR count). The van der Waals surface area contributed by atoms with E-state index < -0.39 is 0 Å². The smallest absolute Gasteiger partial charge is 0.0650 e. The van der Waals surface area contributed by atoms with E-state index in [0.717, 1.165) is 17.9 Å². The van der Waals surface area contributed by atoms with Gasteiger partial charge in [-0.2, -0.15) is 5.10 Å². The first kappa shape index (κ1) is 15.1. The van der Waals surface area contributed by atoms with Gasteiger partial charge in [-0.05, 0) is 64.4 Å². The van der Waals surface area contributed by atoms with E-state index >= 15 is 0 Å². The first-order valence-electron chi connectivity index (χ1n) is 8.26. The fraction of sp³-hybridized carbons (Fsp3) is 0.500. The van der Waals surface area contributed by atoms with Crippen LogP contribution >= 0.6 is 0 Å². The first-order valence-corrected chi connectivity index (χ1v) is 8.26. The zero-order chi connectivity index (χ0) is 15.5.